The molecule has 0 spiro atoms. The molecule has 170 valence electrons. The zero-order chi connectivity index (χ0) is 23.4. The zero-order valence-corrected chi connectivity index (χ0v) is 18.1. The van der Waals surface area contributed by atoms with Crippen LogP contribution in [0.2, 0.25) is 0 Å². The van der Waals surface area contributed by atoms with E-state index in [1.165, 1.54) is 12.1 Å². The van der Waals surface area contributed by atoms with E-state index in [1.54, 1.807) is 12.4 Å². The number of halogens is 3. The van der Waals surface area contributed by atoms with Gasteiger partial charge in [-0.1, -0.05) is 37.3 Å². The highest BCUT2D eigenvalue weighted by Gasteiger charge is 2.31. The third-order valence-electron chi connectivity index (χ3n) is 5.86. The van der Waals surface area contributed by atoms with Crippen molar-refractivity contribution in [2.24, 2.45) is 0 Å². The van der Waals surface area contributed by atoms with Crippen molar-refractivity contribution in [3.05, 3.63) is 101 Å². The van der Waals surface area contributed by atoms with E-state index in [9.17, 15) is 18.0 Å². The van der Waals surface area contributed by atoms with Crippen LogP contribution in [0.15, 0.2) is 73.2 Å². The maximum absolute atomic E-state index is 13.1. The molecule has 4 rings (SSSR count). The molecule has 7 heteroatoms. The predicted molar refractivity (Wildman–Crippen MR) is 122 cm³/mol. The fourth-order valence-electron chi connectivity index (χ4n) is 4.09. The summed E-state index contributed by atoms with van der Waals surface area (Å²) < 4.78 is 39.3. The average Bonchev–Trinajstić information content (AvgIpc) is 3.25. The number of aromatic nitrogens is 2. The molecule has 33 heavy (non-hydrogen) atoms. The lowest BCUT2D eigenvalue weighted by Crippen LogP contribution is -2.25. The fraction of sp³-hybridized carbons (Fsp3) is 0.231. The van der Waals surface area contributed by atoms with E-state index < -0.39 is 17.7 Å². The number of fused-ring (bicyclic) bond motifs is 1. The molecule has 2 aromatic carbocycles. The van der Waals surface area contributed by atoms with E-state index in [0.29, 0.717) is 12.1 Å². The third kappa shape index (κ3) is 5.08. The molecule has 0 fully saturated rings. The summed E-state index contributed by atoms with van der Waals surface area (Å²) in [5, 5.41) is 3.88. The summed E-state index contributed by atoms with van der Waals surface area (Å²) in [6.45, 7) is 2.42. The molecule has 0 bridgehead atoms. The van der Waals surface area contributed by atoms with Crippen molar-refractivity contribution in [3.63, 3.8) is 0 Å². The SMILES string of the molecule is CCc1cccc2c([C@H](CC(=O)NCc3ccncc3)c3ccc(C(F)(F)F)cc3)c[nH]c12. The van der Waals surface area contributed by atoms with Crippen molar-refractivity contribution in [2.75, 3.05) is 0 Å². The highest BCUT2D eigenvalue weighted by molar-refractivity contribution is 5.88. The molecule has 1 amide bonds. The molecule has 0 saturated heterocycles. The topological polar surface area (TPSA) is 57.8 Å². The van der Waals surface area contributed by atoms with Gasteiger partial charge < -0.3 is 10.3 Å². The molecular weight excluding hydrogens is 427 g/mol. The minimum Gasteiger partial charge on any atom is -0.361 e. The number of carbonyl (C=O) groups excluding carboxylic acids is 1. The summed E-state index contributed by atoms with van der Waals surface area (Å²) in [5.74, 6) is -0.580. The Morgan fingerprint density at radius 1 is 1.06 bits per heavy atom. The standard InChI is InChI=1S/C26H24F3N3O/c1-2-18-4-3-5-21-23(16-32-25(18)21)22(19-6-8-20(9-7-19)26(27,28)29)14-24(33)31-15-17-10-12-30-13-11-17/h3-13,16,22,32H,2,14-15H2,1H3,(H,31,33)/t22-/m1/s1. The van der Waals surface area contributed by atoms with Crippen LogP contribution in [0.1, 0.15) is 47.1 Å². The smallest absolute Gasteiger partial charge is 0.361 e. The summed E-state index contributed by atoms with van der Waals surface area (Å²) >= 11 is 0. The molecule has 2 aromatic heterocycles. The van der Waals surface area contributed by atoms with Gasteiger partial charge in [0.2, 0.25) is 5.91 Å². The van der Waals surface area contributed by atoms with E-state index in [-0.39, 0.29) is 12.3 Å². The van der Waals surface area contributed by atoms with Crippen molar-refractivity contribution in [3.8, 4) is 0 Å². The first-order valence-electron chi connectivity index (χ1n) is 10.8. The second-order valence-corrected chi connectivity index (χ2v) is 7.95. The number of rotatable bonds is 7. The molecule has 1 atom stereocenters. The fourth-order valence-corrected chi connectivity index (χ4v) is 4.09. The number of benzene rings is 2. The molecular formula is C26H24F3N3O. The normalized spacial score (nSPS) is 12.6. The van der Waals surface area contributed by atoms with E-state index in [2.05, 4.69) is 22.2 Å². The molecule has 0 radical (unpaired) electrons. The Balaban J connectivity index is 1.66. The van der Waals surface area contributed by atoms with E-state index >= 15 is 0 Å². The van der Waals surface area contributed by atoms with Gasteiger partial charge in [0.25, 0.3) is 0 Å². The first-order chi connectivity index (χ1) is 15.9. The van der Waals surface area contributed by atoms with Gasteiger partial charge in [0.1, 0.15) is 0 Å². The number of hydrogen-bond acceptors (Lipinski definition) is 2. The number of pyridine rings is 1. The molecule has 4 aromatic rings. The summed E-state index contributed by atoms with van der Waals surface area (Å²) in [4.78, 5) is 20.1. The van der Waals surface area contributed by atoms with Gasteiger partial charge in [-0.3, -0.25) is 9.78 Å². The molecule has 4 nitrogen and oxygen atoms in total. The number of H-pyrrole nitrogens is 1. The number of alkyl halides is 3. The maximum atomic E-state index is 13.1. The Labute approximate surface area is 189 Å². The van der Waals surface area contributed by atoms with Crippen LogP contribution in [0.25, 0.3) is 10.9 Å². The van der Waals surface area contributed by atoms with Crippen molar-refractivity contribution in [1.82, 2.24) is 15.3 Å². The number of carbonyl (C=O) groups is 1. The number of nitrogens with zero attached hydrogens (tertiary/aromatic N) is 1. The molecule has 2 heterocycles. The number of aromatic amines is 1. The van der Waals surface area contributed by atoms with Gasteiger partial charge in [-0.25, -0.2) is 0 Å². The minimum absolute atomic E-state index is 0.111. The average molecular weight is 451 g/mol. The van der Waals surface area contributed by atoms with Crippen LogP contribution in [0.4, 0.5) is 13.2 Å². The monoisotopic (exact) mass is 451 g/mol. The van der Waals surface area contributed by atoms with Crippen molar-refractivity contribution in [2.45, 2.75) is 38.4 Å². The molecule has 0 aliphatic carbocycles. The second kappa shape index (κ2) is 9.48. The highest BCUT2D eigenvalue weighted by Crippen LogP contribution is 2.36. The van der Waals surface area contributed by atoms with Gasteiger partial charge in [0, 0.05) is 48.4 Å². The Morgan fingerprint density at radius 2 is 1.79 bits per heavy atom. The molecule has 0 unspecified atom stereocenters. The number of para-hydroxylation sites is 1. The van der Waals surface area contributed by atoms with E-state index in [0.717, 1.165) is 46.1 Å². The quantitative estimate of drug-likeness (QED) is 0.363. The summed E-state index contributed by atoms with van der Waals surface area (Å²) in [6, 6.07) is 14.7. The van der Waals surface area contributed by atoms with Gasteiger partial charge in [-0.05, 0) is 52.9 Å². The van der Waals surface area contributed by atoms with Crippen LogP contribution in [-0.2, 0) is 23.9 Å². The van der Waals surface area contributed by atoms with Crippen LogP contribution in [-0.4, -0.2) is 15.9 Å². The van der Waals surface area contributed by atoms with Gasteiger partial charge >= 0.3 is 6.18 Å². The van der Waals surface area contributed by atoms with Crippen LogP contribution >= 0.6 is 0 Å². The minimum atomic E-state index is -4.41. The third-order valence-corrected chi connectivity index (χ3v) is 5.86. The lowest BCUT2D eigenvalue weighted by molar-refractivity contribution is -0.137. The zero-order valence-electron chi connectivity index (χ0n) is 18.1. The van der Waals surface area contributed by atoms with Crippen molar-refractivity contribution < 1.29 is 18.0 Å². The lowest BCUT2D eigenvalue weighted by atomic mass is 9.87. The Bertz CT molecular complexity index is 1230. The van der Waals surface area contributed by atoms with Crippen LogP contribution in [0.5, 0.6) is 0 Å². The van der Waals surface area contributed by atoms with Gasteiger partial charge in [0.15, 0.2) is 0 Å². The van der Waals surface area contributed by atoms with Gasteiger partial charge in [-0.15, -0.1) is 0 Å². The van der Waals surface area contributed by atoms with E-state index in [1.807, 2.05) is 36.5 Å². The maximum Gasteiger partial charge on any atom is 0.416 e. The van der Waals surface area contributed by atoms with E-state index in [4.69, 9.17) is 0 Å². The number of aryl methyl sites for hydroxylation is 1. The van der Waals surface area contributed by atoms with Gasteiger partial charge in [-0.2, -0.15) is 13.2 Å². The Kier molecular flexibility index (Phi) is 6.49. The molecule has 0 aliphatic rings. The first kappa shape index (κ1) is 22.6. The van der Waals surface area contributed by atoms with Crippen LogP contribution in [0.3, 0.4) is 0 Å². The molecule has 0 saturated carbocycles. The lowest BCUT2D eigenvalue weighted by Gasteiger charge is -2.18. The van der Waals surface area contributed by atoms with Crippen LogP contribution in [0, 0.1) is 0 Å². The largest absolute Gasteiger partial charge is 0.416 e. The highest BCUT2D eigenvalue weighted by atomic mass is 19.4. The summed E-state index contributed by atoms with van der Waals surface area (Å²) in [6.07, 6.45) is 1.72. The predicted octanol–water partition coefficient (Wildman–Crippen LogP) is 5.98. The number of nitrogens with one attached hydrogen (secondary N) is 2. The Morgan fingerprint density at radius 3 is 2.45 bits per heavy atom. The summed E-state index contributed by atoms with van der Waals surface area (Å²) in [5.41, 5.74) is 3.89. The van der Waals surface area contributed by atoms with Crippen LogP contribution < -0.4 is 5.32 Å². The number of hydrogen-bond donors (Lipinski definition) is 2. The second-order valence-electron chi connectivity index (χ2n) is 7.95. The molecule has 0 aliphatic heterocycles. The van der Waals surface area contributed by atoms with Gasteiger partial charge in [0.05, 0.1) is 5.56 Å². The van der Waals surface area contributed by atoms with Crippen molar-refractivity contribution >= 4 is 16.8 Å². The number of amides is 1. The first-order valence-corrected chi connectivity index (χ1v) is 10.8. The molecule has 2 N–H and O–H groups in total. The summed E-state index contributed by atoms with van der Waals surface area (Å²) in [7, 11) is 0. The Hall–Kier alpha value is -3.61. The van der Waals surface area contributed by atoms with Crippen molar-refractivity contribution in [1.29, 1.82) is 0 Å².